The van der Waals surface area contributed by atoms with Crippen molar-refractivity contribution < 1.29 is 4.74 Å². The van der Waals surface area contributed by atoms with E-state index in [0.29, 0.717) is 0 Å². The van der Waals surface area contributed by atoms with Gasteiger partial charge < -0.3 is 14.6 Å². The van der Waals surface area contributed by atoms with Gasteiger partial charge in [-0.05, 0) is 31.9 Å². The second-order valence-electron chi connectivity index (χ2n) is 4.65. The lowest BCUT2D eigenvalue weighted by Gasteiger charge is -2.16. The number of imidazole rings is 1. The van der Waals surface area contributed by atoms with Gasteiger partial charge in [-0.3, -0.25) is 4.98 Å². The molecule has 0 saturated heterocycles. The molecule has 0 aliphatic rings. The quantitative estimate of drug-likeness (QED) is 0.752. The van der Waals surface area contributed by atoms with Crippen LogP contribution in [0, 0.1) is 0 Å². The summed E-state index contributed by atoms with van der Waals surface area (Å²) in [4.78, 5) is 8.51. The van der Waals surface area contributed by atoms with E-state index in [9.17, 15) is 0 Å². The van der Waals surface area contributed by atoms with Crippen LogP contribution in [0.3, 0.4) is 0 Å². The number of anilines is 1. The van der Waals surface area contributed by atoms with Crippen molar-refractivity contribution in [2.24, 2.45) is 0 Å². The standard InChI is InChI=1S/C15H22N4O/c1-3-20-11-5-9-19-10-8-17-15(19)18-13(2)14-6-4-7-16-12-14/h4,6-8,10,12-13H,3,5,9,11H2,1-2H3,(H,17,18). The van der Waals surface area contributed by atoms with Crippen molar-refractivity contribution in [1.82, 2.24) is 14.5 Å². The summed E-state index contributed by atoms with van der Waals surface area (Å²) in [5.74, 6) is 0.887. The predicted octanol–water partition coefficient (Wildman–Crippen LogP) is 2.88. The topological polar surface area (TPSA) is 52.0 Å². The van der Waals surface area contributed by atoms with Crippen LogP contribution in [-0.2, 0) is 11.3 Å². The smallest absolute Gasteiger partial charge is 0.203 e. The predicted molar refractivity (Wildman–Crippen MR) is 79.6 cm³/mol. The highest BCUT2D eigenvalue weighted by atomic mass is 16.5. The molecule has 1 atom stereocenters. The van der Waals surface area contributed by atoms with Gasteiger partial charge in [0, 0.05) is 44.5 Å². The van der Waals surface area contributed by atoms with Crippen LogP contribution in [0.15, 0.2) is 36.9 Å². The normalized spacial score (nSPS) is 12.3. The summed E-state index contributed by atoms with van der Waals surface area (Å²) in [5, 5.41) is 3.42. The lowest BCUT2D eigenvalue weighted by Crippen LogP contribution is -2.12. The summed E-state index contributed by atoms with van der Waals surface area (Å²) in [6, 6.07) is 4.19. The van der Waals surface area contributed by atoms with E-state index in [1.54, 1.807) is 6.20 Å². The van der Waals surface area contributed by atoms with E-state index < -0.39 is 0 Å². The molecule has 0 aliphatic carbocycles. The van der Waals surface area contributed by atoms with Crippen molar-refractivity contribution in [1.29, 1.82) is 0 Å². The first-order valence-corrected chi connectivity index (χ1v) is 7.06. The van der Waals surface area contributed by atoms with Crippen LogP contribution in [0.25, 0.3) is 0 Å². The summed E-state index contributed by atoms with van der Waals surface area (Å²) >= 11 is 0. The summed E-state index contributed by atoms with van der Waals surface area (Å²) in [6.45, 7) is 6.58. The number of ether oxygens (including phenoxy) is 1. The Morgan fingerprint density at radius 1 is 1.40 bits per heavy atom. The maximum atomic E-state index is 5.36. The third kappa shape index (κ3) is 4.06. The molecular weight excluding hydrogens is 252 g/mol. The molecular formula is C15H22N4O. The number of aryl methyl sites for hydroxylation is 1. The fourth-order valence-electron chi connectivity index (χ4n) is 2.02. The maximum Gasteiger partial charge on any atom is 0.203 e. The SMILES string of the molecule is CCOCCCn1ccnc1NC(C)c1cccnc1. The van der Waals surface area contributed by atoms with Crippen LogP contribution in [-0.4, -0.2) is 27.7 Å². The van der Waals surface area contributed by atoms with Crippen LogP contribution in [0.4, 0.5) is 5.95 Å². The highest BCUT2D eigenvalue weighted by Gasteiger charge is 2.09. The van der Waals surface area contributed by atoms with E-state index in [1.165, 1.54) is 0 Å². The fraction of sp³-hybridized carbons (Fsp3) is 0.467. The molecule has 0 fully saturated rings. The molecule has 2 aromatic rings. The van der Waals surface area contributed by atoms with Crippen molar-refractivity contribution in [3.05, 3.63) is 42.5 Å². The molecule has 20 heavy (non-hydrogen) atoms. The van der Waals surface area contributed by atoms with Crippen molar-refractivity contribution in [2.75, 3.05) is 18.5 Å². The Hall–Kier alpha value is -1.88. The minimum absolute atomic E-state index is 0.178. The lowest BCUT2D eigenvalue weighted by atomic mass is 10.1. The van der Waals surface area contributed by atoms with E-state index in [0.717, 1.165) is 37.7 Å². The number of hydrogen-bond donors (Lipinski definition) is 1. The molecule has 5 heteroatoms. The summed E-state index contributed by atoms with van der Waals surface area (Å²) in [5.41, 5.74) is 1.15. The molecule has 2 aromatic heterocycles. The monoisotopic (exact) mass is 274 g/mol. The zero-order chi connectivity index (χ0) is 14.2. The molecule has 0 aromatic carbocycles. The van der Waals surface area contributed by atoms with Crippen molar-refractivity contribution in [3.8, 4) is 0 Å². The second-order valence-corrected chi connectivity index (χ2v) is 4.65. The minimum Gasteiger partial charge on any atom is -0.382 e. The van der Waals surface area contributed by atoms with E-state index >= 15 is 0 Å². The highest BCUT2D eigenvalue weighted by molar-refractivity contribution is 5.31. The number of pyridine rings is 1. The van der Waals surface area contributed by atoms with Crippen LogP contribution in [0.2, 0.25) is 0 Å². The Kier molecular flexibility index (Phi) is 5.55. The molecule has 2 rings (SSSR count). The number of aromatic nitrogens is 3. The molecule has 5 nitrogen and oxygen atoms in total. The van der Waals surface area contributed by atoms with Gasteiger partial charge in [-0.2, -0.15) is 0 Å². The molecule has 2 heterocycles. The third-order valence-electron chi connectivity index (χ3n) is 3.14. The fourth-order valence-corrected chi connectivity index (χ4v) is 2.02. The number of nitrogens with zero attached hydrogens (tertiary/aromatic N) is 3. The number of hydrogen-bond acceptors (Lipinski definition) is 4. The summed E-state index contributed by atoms with van der Waals surface area (Å²) in [7, 11) is 0. The van der Waals surface area contributed by atoms with Crippen molar-refractivity contribution in [3.63, 3.8) is 0 Å². The van der Waals surface area contributed by atoms with Crippen LogP contribution in [0.1, 0.15) is 31.9 Å². The van der Waals surface area contributed by atoms with Gasteiger partial charge in [0.25, 0.3) is 0 Å². The summed E-state index contributed by atoms with van der Waals surface area (Å²) < 4.78 is 7.48. The van der Waals surface area contributed by atoms with Crippen LogP contribution in [0.5, 0.6) is 0 Å². The van der Waals surface area contributed by atoms with Crippen LogP contribution >= 0.6 is 0 Å². The number of rotatable bonds is 8. The average molecular weight is 274 g/mol. The van der Waals surface area contributed by atoms with Gasteiger partial charge in [-0.25, -0.2) is 4.98 Å². The van der Waals surface area contributed by atoms with Gasteiger partial charge in [0.15, 0.2) is 0 Å². The first-order valence-electron chi connectivity index (χ1n) is 7.06. The first kappa shape index (κ1) is 14.5. The highest BCUT2D eigenvalue weighted by Crippen LogP contribution is 2.17. The number of nitrogens with one attached hydrogen (secondary N) is 1. The zero-order valence-electron chi connectivity index (χ0n) is 12.1. The Balaban J connectivity index is 1.91. The maximum absolute atomic E-state index is 5.36. The molecule has 0 aliphatic heterocycles. The molecule has 0 radical (unpaired) electrons. The molecule has 0 spiro atoms. The zero-order valence-corrected chi connectivity index (χ0v) is 12.1. The van der Waals surface area contributed by atoms with Crippen molar-refractivity contribution >= 4 is 5.95 Å². The van der Waals surface area contributed by atoms with Crippen molar-refractivity contribution in [2.45, 2.75) is 32.9 Å². The Morgan fingerprint density at radius 2 is 2.30 bits per heavy atom. The van der Waals surface area contributed by atoms with E-state index in [4.69, 9.17) is 4.74 Å². The largest absolute Gasteiger partial charge is 0.382 e. The van der Waals surface area contributed by atoms with E-state index in [2.05, 4.69) is 32.8 Å². The Labute approximate surface area is 120 Å². The van der Waals surface area contributed by atoms with Gasteiger partial charge in [0.05, 0.1) is 6.04 Å². The first-order chi connectivity index (χ1) is 9.81. The third-order valence-corrected chi connectivity index (χ3v) is 3.14. The molecule has 108 valence electrons. The van der Waals surface area contributed by atoms with Gasteiger partial charge in [0.2, 0.25) is 5.95 Å². The molecule has 1 unspecified atom stereocenters. The molecule has 0 bridgehead atoms. The molecule has 1 N–H and O–H groups in total. The average Bonchev–Trinajstić information content (AvgIpc) is 2.92. The Bertz CT molecular complexity index is 498. The lowest BCUT2D eigenvalue weighted by molar-refractivity contribution is 0.142. The summed E-state index contributed by atoms with van der Waals surface area (Å²) in [6.07, 6.45) is 8.45. The molecule has 0 saturated carbocycles. The van der Waals surface area contributed by atoms with Crippen LogP contribution < -0.4 is 5.32 Å². The van der Waals surface area contributed by atoms with E-state index in [1.807, 2.05) is 31.6 Å². The Morgan fingerprint density at radius 3 is 3.05 bits per heavy atom. The van der Waals surface area contributed by atoms with Gasteiger partial charge in [-0.1, -0.05) is 6.07 Å². The molecule has 0 amide bonds. The minimum atomic E-state index is 0.178. The van der Waals surface area contributed by atoms with Gasteiger partial charge in [0.1, 0.15) is 0 Å². The van der Waals surface area contributed by atoms with Gasteiger partial charge >= 0.3 is 0 Å². The second kappa shape index (κ2) is 7.65. The van der Waals surface area contributed by atoms with Gasteiger partial charge in [-0.15, -0.1) is 0 Å². The van der Waals surface area contributed by atoms with E-state index in [-0.39, 0.29) is 6.04 Å².